The third-order valence-electron chi connectivity index (χ3n) is 2.64. The predicted octanol–water partition coefficient (Wildman–Crippen LogP) is 4.32. The van der Waals surface area contributed by atoms with E-state index in [0.29, 0.717) is 0 Å². The molecule has 0 saturated carbocycles. The van der Waals surface area contributed by atoms with Crippen molar-refractivity contribution in [2.75, 3.05) is 6.61 Å². The lowest BCUT2D eigenvalue weighted by Crippen LogP contribution is -2.26. The molecule has 0 atom stereocenters. The molecular weight excluding hydrogens is 294 g/mol. The number of benzene rings is 1. The molecule has 4 heteroatoms. The molecule has 1 aromatic heterocycles. The van der Waals surface area contributed by atoms with Crippen LogP contribution in [0.2, 0.25) is 19.6 Å². The minimum Gasteiger partial charge on any atom is -0.417 e. The maximum atomic E-state index is 5.90. The number of aromatic nitrogens is 1. The molecule has 1 heterocycles. The summed E-state index contributed by atoms with van der Waals surface area (Å²) < 4.78 is 7.02. The molecule has 0 aliphatic carbocycles. The van der Waals surface area contributed by atoms with Gasteiger partial charge in [0.25, 0.3) is 0 Å². The largest absolute Gasteiger partial charge is 0.417 e. The quantitative estimate of drug-likeness (QED) is 0.835. The minimum atomic E-state index is -1.39. The van der Waals surface area contributed by atoms with Gasteiger partial charge < -0.3 is 9.41 Å². The fourth-order valence-corrected chi connectivity index (χ4v) is 2.90. The van der Waals surface area contributed by atoms with Gasteiger partial charge in [-0.25, -0.2) is 0 Å². The van der Waals surface area contributed by atoms with Crippen molar-refractivity contribution in [3.63, 3.8) is 0 Å². The molecule has 17 heavy (non-hydrogen) atoms. The van der Waals surface area contributed by atoms with Gasteiger partial charge in [0.1, 0.15) is 0 Å². The standard InChI is InChI=1S/C13H18BrNOSi/c1-17(2,3)16-7-6-10-9-15-13-5-4-11(14)8-12(10)13/h4-5,8-9,15H,6-7H2,1-3H3. The zero-order chi connectivity index (χ0) is 12.5. The Labute approximate surface area is 112 Å². The Balaban J connectivity index is 2.11. The van der Waals surface area contributed by atoms with Crippen LogP contribution in [0.1, 0.15) is 5.56 Å². The molecule has 2 nitrogen and oxygen atoms in total. The van der Waals surface area contributed by atoms with Crippen molar-refractivity contribution in [2.45, 2.75) is 26.1 Å². The van der Waals surface area contributed by atoms with Crippen LogP contribution in [0, 0.1) is 0 Å². The number of fused-ring (bicyclic) bond motifs is 1. The molecule has 1 N–H and O–H groups in total. The fraction of sp³-hybridized carbons (Fsp3) is 0.385. The van der Waals surface area contributed by atoms with Crippen LogP contribution in [0.3, 0.4) is 0 Å². The Kier molecular flexibility index (Phi) is 3.75. The molecule has 2 aromatic rings. The Morgan fingerprint density at radius 3 is 2.76 bits per heavy atom. The molecule has 2 rings (SSSR count). The van der Waals surface area contributed by atoms with Crippen molar-refractivity contribution in [3.8, 4) is 0 Å². The summed E-state index contributed by atoms with van der Waals surface area (Å²) in [5, 5.41) is 1.29. The molecular formula is C13H18BrNOSi. The second-order valence-electron chi connectivity index (χ2n) is 5.21. The summed E-state index contributed by atoms with van der Waals surface area (Å²) in [4.78, 5) is 3.30. The number of halogens is 1. The van der Waals surface area contributed by atoms with Crippen LogP contribution in [0.4, 0.5) is 0 Å². The molecule has 0 bridgehead atoms. The zero-order valence-electron chi connectivity index (χ0n) is 10.5. The van der Waals surface area contributed by atoms with Crippen molar-refractivity contribution in [1.29, 1.82) is 0 Å². The summed E-state index contributed by atoms with van der Waals surface area (Å²) in [6.45, 7) is 7.48. The lowest BCUT2D eigenvalue weighted by Gasteiger charge is -2.16. The number of aromatic amines is 1. The highest BCUT2D eigenvalue weighted by atomic mass is 79.9. The van der Waals surface area contributed by atoms with Gasteiger partial charge in [-0.2, -0.15) is 0 Å². The molecule has 0 aliphatic heterocycles. The topological polar surface area (TPSA) is 25.0 Å². The molecule has 0 amide bonds. The third-order valence-corrected chi connectivity index (χ3v) is 4.20. The Bertz CT molecular complexity index is 516. The first-order valence-electron chi connectivity index (χ1n) is 5.85. The second kappa shape index (κ2) is 4.96. The van der Waals surface area contributed by atoms with Crippen LogP contribution >= 0.6 is 15.9 Å². The number of H-pyrrole nitrogens is 1. The van der Waals surface area contributed by atoms with Crippen molar-refractivity contribution < 1.29 is 4.43 Å². The number of hydrogen-bond donors (Lipinski definition) is 1. The minimum absolute atomic E-state index is 0.815. The number of nitrogens with one attached hydrogen (secondary N) is 1. The summed E-state index contributed by atoms with van der Waals surface area (Å²) in [6.07, 6.45) is 3.06. The van der Waals surface area contributed by atoms with Crippen LogP contribution < -0.4 is 0 Å². The van der Waals surface area contributed by atoms with Crippen molar-refractivity contribution in [3.05, 3.63) is 34.4 Å². The SMILES string of the molecule is C[Si](C)(C)OCCc1c[nH]c2ccc(Br)cc12. The van der Waals surface area contributed by atoms with Gasteiger partial charge in [-0.3, -0.25) is 0 Å². The van der Waals surface area contributed by atoms with E-state index in [0.717, 1.165) is 17.5 Å². The van der Waals surface area contributed by atoms with Gasteiger partial charge in [0, 0.05) is 28.2 Å². The van der Waals surface area contributed by atoms with Gasteiger partial charge in [0.15, 0.2) is 8.32 Å². The Morgan fingerprint density at radius 1 is 1.29 bits per heavy atom. The highest BCUT2D eigenvalue weighted by Crippen LogP contribution is 2.23. The van der Waals surface area contributed by atoms with Gasteiger partial charge in [0.2, 0.25) is 0 Å². The van der Waals surface area contributed by atoms with E-state index in [1.807, 2.05) is 0 Å². The van der Waals surface area contributed by atoms with Gasteiger partial charge in [0.05, 0.1) is 0 Å². The second-order valence-corrected chi connectivity index (χ2v) is 10.6. The molecule has 92 valence electrons. The highest BCUT2D eigenvalue weighted by molar-refractivity contribution is 9.10. The van der Waals surface area contributed by atoms with Crippen LogP contribution in [-0.4, -0.2) is 19.9 Å². The average molecular weight is 312 g/mol. The first-order valence-corrected chi connectivity index (χ1v) is 10.1. The molecule has 0 unspecified atom stereocenters. The molecule has 0 fully saturated rings. The molecule has 0 radical (unpaired) electrons. The summed E-state index contributed by atoms with van der Waals surface area (Å²) in [7, 11) is -1.39. The molecule has 0 aliphatic rings. The van der Waals surface area contributed by atoms with Gasteiger partial charge >= 0.3 is 0 Å². The lowest BCUT2D eigenvalue weighted by molar-refractivity contribution is 0.316. The smallest absolute Gasteiger partial charge is 0.183 e. The van der Waals surface area contributed by atoms with E-state index >= 15 is 0 Å². The van der Waals surface area contributed by atoms with Gasteiger partial charge in [-0.05, 0) is 49.8 Å². The lowest BCUT2D eigenvalue weighted by atomic mass is 10.1. The molecule has 0 spiro atoms. The van der Waals surface area contributed by atoms with Crippen molar-refractivity contribution in [1.82, 2.24) is 4.98 Å². The maximum Gasteiger partial charge on any atom is 0.183 e. The van der Waals surface area contributed by atoms with Crippen molar-refractivity contribution in [2.24, 2.45) is 0 Å². The van der Waals surface area contributed by atoms with E-state index in [1.54, 1.807) is 0 Å². The highest BCUT2D eigenvalue weighted by Gasteiger charge is 2.14. The number of rotatable bonds is 4. The number of hydrogen-bond acceptors (Lipinski definition) is 1. The van der Waals surface area contributed by atoms with Crippen LogP contribution in [-0.2, 0) is 10.8 Å². The zero-order valence-corrected chi connectivity index (χ0v) is 13.1. The Hall–Kier alpha value is -0.583. The monoisotopic (exact) mass is 311 g/mol. The van der Waals surface area contributed by atoms with Gasteiger partial charge in [-0.1, -0.05) is 15.9 Å². The molecule has 1 aromatic carbocycles. The van der Waals surface area contributed by atoms with Crippen LogP contribution in [0.25, 0.3) is 10.9 Å². The van der Waals surface area contributed by atoms with Crippen LogP contribution in [0.15, 0.2) is 28.9 Å². The first kappa shape index (κ1) is 12.9. The summed E-state index contributed by atoms with van der Waals surface area (Å²) >= 11 is 3.51. The van der Waals surface area contributed by atoms with E-state index in [1.165, 1.54) is 16.5 Å². The fourth-order valence-electron chi connectivity index (χ4n) is 1.82. The predicted molar refractivity (Wildman–Crippen MR) is 79.0 cm³/mol. The summed E-state index contributed by atoms with van der Waals surface area (Å²) in [5.41, 5.74) is 2.52. The van der Waals surface area contributed by atoms with E-state index in [2.05, 4.69) is 65.0 Å². The third kappa shape index (κ3) is 3.44. The summed E-state index contributed by atoms with van der Waals surface area (Å²) in [6, 6.07) is 6.32. The van der Waals surface area contributed by atoms with E-state index < -0.39 is 8.32 Å². The van der Waals surface area contributed by atoms with E-state index in [-0.39, 0.29) is 0 Å². The normalized spacial score (nSPS) is 12.2. The van der Waals surface area contributed by atoms with Gasteiger partial charge in [-0.15, -0.1) is 0 Å². The van der Waals surface area contributed by atoms with Crippen LogP contribution in [0.5, 0.6) is 0 Å². The maximum absolute atomic E-state index is 5.90. The first-order chi connectivity index (χ1) is 7.96. The van der Waals surface area contributed by atoms with E-state index in [4.69, 9.17) is 4.43 Å². The molecule has 0 saturated heterocycles. The van der Waals surface area contributed by atoms with Crippen molar-refractivity contribution >= 4 is 35.2 Å². The van der Waals surface area contributed by atoms with E-state index in [9.17, 15) is 0 Å². The summed E-state index contributed by atoms with van der Waals surface area (Å²) in [5.74, 6) is 0. The average Bonchev–Trinajstić information content (AvgIpc) is 2.59. The Morgan fingerprint density at radius 2 is 2.06 bits per heavy atom.